The highest BCUT2D eigenvalue weighted by Crippen LogP contribution is 2.62. The quantitative estimate of drug-likeness (QED) is 0.790. The Morgan fingerprint density at radius 1 is 1.24 bits per heavy atom. The second kappa shape index (κ2) is 3.71. The van der Waals surface area contributed by atoms with E-state index in [1.807, 2.05) is 0 Å². The molecule has 2 bridgehead atoms. The van der Waals surface area contributed by atoms with Crippen LogP contribution in [-0.2, 0) is 0 Å². The molecule has 3 rings (SSSR count). The first-order chi connectivity index (χ1) is 7.92. The standard InChI is InChI=1S/C15H27NO/c1-14(2)11-4-5-15(3,8-11)13(14)16-9-10-6-12(17)7-10/h10-13,16-17H,4-9H2,1-3H3. The molecule has 0 saturated heterocycles. The summed E-state index contributed by atoms with van der Waals surface area (Å²) in [6, 6.07) is 0.687. The topological polar surface area (TPSA) is 32.3 Å². The number of aliphatic hydroxyl groups is 1. The molecule has 3 unspecified atom stereocenters. The van der Waals surface area contributed by atoms with Gasteiger partial charge in [0.2, 0.25) is 0 Å². The van der Waals surface area contributed by atoms with E-state index in [9.17, 15) is 5.11 Å². The molecule has 17 heavy (non-hydrogen) atoms. The molecule has 0 spiro atoms. The van der Waals surface area contributed by atoms with Gasteiger partial charge in [-0.3, -0.25) is 0 Å². The summed E-state index contributed by atoms with van der Waals surface area (Å²) < 4.78 is 0. The van der Waals surface area contributed by atoms with Gasteiger partial charge in [0.05, 0.1) is 6.10 Å². The summed E-state index contributed by atoms with van der Waals surface area (Å²) in [5, 5.41) is 13.2. The van der Waals surface area contributed by atoms with Gasteiger partial charge in [0.25, 0.3) is 0 Å². The molecule has 3 aliphatic carbocycles. The highest BCUT2D eigenvalue weighted by molar-refractivity contribution is 5.12. The summed E-state index contributed by atoms with van der Waals surface area (Å²) in [5.74, 6) is 1.65. The second-order valence-electron chi connectivity index (χ2n) is 7.75. The largest absolute Gasteiger partial charge is 0.393 e. The molecule has 0 radical (unpaired) electrons. The van der Waals surface area contributed by atoms with Crippen molar-refractivity contribution in [2.24, 2.45) is 22.7 Å². The van der Waals surface area contributed by atoms with Gasteiger partial charge in [0, 0.05) is 6.04 Å². The van der Waals surface area contributed by atoms with Gasteiger partial charge in [-0.25, -0.2) is 0 Å². The molecule has 2 N–H and O–H groups in total. The lowest BCUT2D eigenvalue weighted by atomic mass is 9.68. The fourth-order valence-corrected chi connectivity index (χ4v) is 4.96. The fraction of sp³-hybridized carbons (Fsp3) is 1.00. The van der Waals surface area contributed by atoms with Crippen molar-refractivity contribution in [3.05, 3.63) is 0 Å². The molecule has 2 heteroatoms. The number of hydrogen-bond acceptors (Lipinski definition) is 2. The number of aliphatic hydroxyl groups excluding tert-OH is 1. The zero-order chi connectivity index (χ0) is 12.3. The van der Waals surface area contributed by atoms with Crippen molar-refractivity contribution in [2.45, 2.75) is 65.0 Å². The third-order valence-electron chi connectivity index (χ3n) is 6.09. The van der Waals surface area contributed by atoms with Crippen molar-refractivity contribution in [1.82, 2.24) is 5.32 Å². The van der Waals surface area contributed by atoms with E-state index in [1.165, 1.54) is 19.3 Å². The van der Waals surface area contributed by atoms with Crippen molar-refractivity contribution < 1.29 is 5.11 Å². The predicted octanol–water partition coefficient (Wildman–Crippen LogP) is 2.56. The second-order valence-corrected chi connectivity index (χ2v) is 7.75. The number of hydrogen-bond donors (Lipinski definition) is 2. The van der Waals surface area contributed by atoms with Gasteiger partial charge in [-0.05, 0) is 61.3 Å². The summed E-state index contributed by atoms with van der Waals surface area (Å²) in [4.78, 5) is 0. The molecule has 0 aromatic carbocycles. The maximum Gasteiger partial charge on any atom is 0.0546 e. The van der Waals surface area contributed by atoms with E-state index < -0.39 is 0 Å². The monoisotopic (exact) mass is 237 g/mol. The van der Waals surface area contributed by atoms with Gasteiger partial charge in [0.15, 0.2) is 0 Å². The van der Waals surface area contributed by atoms with Crippen LogP contribution < -0.4 is 5.32 Å². The van der Waals surface area contributed by atoms with Crippen LogP contribution in [0.25, 0.3) is 0 Å². The lowest BCUT2D eigenvalue weighted by Crippen LogP contribution is -2.52. The van der Waals surface area contributed by atoms with Crippen LogP contribution in [0.2, 0.25) is 0 Å². The summed E-state index contributed by atoms with van der Waals surface area (Å²) >= 11 is 0. The van der Waals surface area contributed by atoms with Crippen LogP contribution in [0.4, 0.5) is 0 Å². The highest BCUT2D eigenvalue weighted by Gasteiger charge is 2.59. The molecular weight excluding hydrogens is 210 g/mol. The van der Waals surface area contributed by atoms with Crippen LogP contribution in [0, 0.1) is 22.7 Å². The average molecular weight is 237 g/mol. The van der Waals surface area contributed by atoms with Crippen molar-refractivity contribution >= 4 is 0 Å². The summed E-state index contributed by atoms with van der Waals surface area (Å²) in [7, 11) is 0. The summed E-state index contributed by atoms with van der Waals surface area (Å²) in [5.41, 5.74) is 1.01. The Labute approximate surface area is 105 Å². The Hall–Kier alpha value is -0.0800. The molecule has 3 fully saturated rings. The first kappa shape index (κ1) is 12.0. The van der Waals surface area contributed by atoms with E-state index in [-0.39, 0.29) is 6.10 Å². The van der Waals surface area contributed by atoms with Crippen molar-refractivity contribution in [2.75, 3.05) is 6.54 Å². The van der Waals surface area contributed by atoms with Gasteiger partial charge in [-0.15, -0.1) is 0 Å². The predicted molar refractivity (Wildman–Crippen MR) is 69.8 cm³/mol. The van der Waals surface area contributed by atoms with E-state index in [1.54, 1.807) is 0 Å². The SMILES string of the molecule is CC12CCC(C1)C(C)(C)C2NCC1CC(O)C1. The summed E-state index contributed by atoms with van der Waals surface area (Å²) in [6.07, 6.45) is 6.28. The maximum absolute atomic E-state index is 9.34. The smallest absolute Gasteiger partial charge is 0.0546 e. The zero-order valence-corrected chi connectivity index (χ0v) is 11.5. The number of nitrogens with one attached hydrogen (secondary N) is 1. The molecule has 2 nitrogen and oxygen atoms in total. The van der Waals surface area contributed by atoms with Crippen LogP contribution in [-0.4, -0.2) is 23.8 Å². The first-order valence-electron chi connectivity index (χ1n) is 7.33. The Bertz CT molecular complexity index is 303. The third-order valence-corrected chi connectivity index (χ3v) is 6.09. The van der Waals surface area contributed by atoms with E-state index in [0.717, 1.165) is 31.2 Å². The van der Waals surface area contributed by atoms with Crippen LogP contribution in [0.1, 0.15) is 52.9 Å². The van der Waals surface area contributed by atoms with Crippen molar-refractivity contribution in [3.8, 4) is 0 Å². The molecule has 0 aliphatic heterocycles. The van der Waals surface area contributed by atoms with Gasteiger partial charge in [-0.2, -0.15) is 0 Å². The van der Waals surface area contributed by atoms with Gasteiger partial charge >= 0.3 is 0 Å². The molecular formula is C15H27NO. The molecule has 3 aliphatic rings. The molecule has 0 aromatic heterocycles. The third kappa shape index (κ3) is 1.76. The van der Waals surface area contributed by atoms with Crippen LogP contribution in [0.15, 0.2) is 0 Å². The Balaban J connectivity index is 1.62. The van der Waals surface area contributed by atoms with Gasteiger partial charge < -0.3 is 10.4 Å². The minimum Gasteiger partial charge on any atom is -0.393 e. The lowest BCUT2D eigenvalue weighted by molar-refractivity contribution is 0.0320. The first-order valence-corrected chi connectivity index (χ1v) is 7.33. The number of rotatable bonds is 3. The Kier molecular flexibility index (Phi) is 2.61. The minimum atomic E-state index is -0.00886. The molecule has 98 valence electrons. The molecule has 0 aromatic rings. The Morgan fingerprint density at radius 3 is 2.47 bits per heavy atom. The highest BCUT2D eigenvalue weighted by atomic mass is 16.3. The average Bonchev–Trinajstić information content (AvgIpc) is 2.65. The van der Waals surface area contributed by atoms with Gasteiger partial charge in [-0.1, -0.05) is 20.8 Å². The zero-order valence-electron chi connectivity index (χ0n) is 11.5. The fourth-order valence-electron chi connectivity index (χ4n) is 4.96. The number of fused-ring (bicyclic) bond motifs is 2. The van der Waals surface area contributed by atoms with E-state index in [0.29, 0.717) is 16.9 Å². The van der Waals surface area contributed by atoms with Crippen LogP contribution in [0.3, 0.4) is 0 Å². The Morgan fingerprint density at radius 2 is 1.94 bits per heavy atom. The molecule has 0 amide bonds. The molecule has 3 atom stereocenters. The summed E-state index contributed by atoms with van der Waals surface area (Å²) in [6.45, 7) is 8.51. The van der Waals surface area contributed by atoms with E-state index in [2.05, 4.69) is 26.1 Å². The molecule has 3 saturated carbocycles. The molecule has 0 heterocycles. The van der Waals surface area contributed by atoms with E-state index >= 15 is 0 Å². The van der Waals surface area contributed by atoms with Crippen LogP contribution in [0.5, 0.6) is 0 Å². The normalized spacial score (nSPS) is 51.5. The lowest BCUT2D eigenvalue weighted by Gasteiger charge is -2.45. The van der Waals surface area contributed by atoms with Crippen molar-refractivity contribution in [3.63, 3.8) is 0 Å². The maximum atomic E-state index is 9.34. The van der Waals surface area contributed by atoms with Crippen LogP contribution >= 0.6 is 0 Å². The minimum absolute atomic E-state index is 0.00886. The van der Waals surface area contributed by atoms with E-state index in [4.69, 9.17) is 0 Å². The van der Waals surface area contributed by atoms with Gasteiger partial charge in [0.1, 0.15) is 0 Å². The van der Waals surface area contributed by atoms with Crippen molar-refractivity contribution in [1.29, 1.82) is 0 Å².